The van der Waals surface area contributed by atoms with E-state index >= 15 is 0 Å². The van der Waals surface area contributed by atoms with E-state index in [1.54, 1.807) is 42.5 Å². The van der Waals surface area contributed by atoms with Crippen LogP contribution in [0.2, 0.25) is 0 Å². The molecular weight excluding hydrogens is 504 g/mol. The van der Waals surface area contributed by atoms with Crippen LogP contribution in [-0.4, -0.2) is 63.4 Å². The predicted octanol–water partition coefficient (Wildman–Crippen LogP) is 3.87. The van der Waals surface area contributed by atoms with Gasteiger partial charge in [0.05, 0.1) is 50.9 Å². The molecule has 2 aliphatic heterocycles. The summed E-state index contributed by atoms with van der Waals surface area (Å²) in [5.41, 5.74) is 1.42. The van der Waals surface area contributed by atoms with Gasteiger partial charge in [0.15, 0.2) is 11.5 Å². The summed E-state index contributed by atoms with van der Waals surface area (Å²) in [6.45, 7) is 1.18. The number of aromatic hydroxyl groups is 1. The van der Waals surface area contributed by atoms with Gasteiger partial charge in [-0.2, -0.15) is 0 Å². The number of benzene rings is 3. The first-order chi connectivity index (χ1) is 18.8. The Morgan fingerprint density at radius 2 is 1.64 bits per heavy atom. The molecule has 0 spiro atoms. The minimum Gasteiger partial charge on any atom is -0.507 e. The van der Waals surface area contributed by atoms with Crippen LogP contribution in [0.15, 0.2) is 60.2 Å². The molecule has 10 heteroatoms. The highest BCUT2D eigenvalue weighted by Gasteiger charge is 2.48. The molecule has 1 unspecified atom stereocenters. The lowest BCUT2D eigenvalue weighted by Gasteiger charge is -2.28. The molecule has 0 saturated carbocycles. The summed E-state index contributed by atoms with van der Waals surface area (Å²) < 4.78 is 22.2. The molecule has 10 nitrogen and oxygen atoms in total. The fraction of sp³-hybridized carbons (Fsp3) is 0.241. The number of hydrogen-bond acceptors (Lipinski definition) is 9. The summed E-state index contributed by atoms with van der Waals surface area (Å²) in [6.07, 6.45) is 0. The molecular formula is C29H28N2O8. The van der Waals surface area contributed by atoms with Gasteiger partial charge in [-0.15, -0.1) is 0 Å². The first-order valence-electron chi connectivity index (χ1n) is 12.2. The number of nitrogens with zero attached hydrogens (tertiary/aromatic N) is 2. The van der Waals surface area contributed by atoms with Gasteiger partial charge in [-0.3, -0.25) is 14.5 Å². The lowest BCUT2D eigenvalue weighted by atomic mass is 9.94. The van der Waals surface area contributed by atoms with Crippen molar-refractivity contribution in [2.75, 3.05) is 51.3 Å². The number of ether oxygens (including phenoxy) is 4. The van der Waals surface area contributed by atoms with Crippen LogP contribution in [0.25, 0.3) is 5.76 Å². The summed E-state index contributed by atoms with van der Waals surface area (Å²) >= 11 is 0. The second-order valence-electron chi connectivity index (χ2n) is 9.07. The topological polar surface area (TPSA) is 118 Å². The van der Waals surface area contributed by atoms with Crippen LogP contribution in [0.4, 0.5) is 11.4 Å². The Hall–Kier alpha value is -4.86. The summed E-state index contributed by atoms with van der Waals surface area (Å²) in [5.74, 6) is -0.829. The molecule has 1 fully saturated rings. The number of rotatable bonds is 6. The number of aliphatic hydroxyl groups excluding tert-OH is 1. The van der Waals surface area contributed by atoms with Gasteiger partial charge < -0.3 is 34.1 Å². The molecule has 2 N–H and O–H groups in total. The van der Waals surface area contributed by atoms with Crippen LogP contribution in [0, 0.1) is 0 Å². The maximum atomic E-state index is 13.6. The highest BCUT2D eigenvalue weighted by Crippen LogP contribution is 2.48. The Morgan fingerprint density at radius 3 is 2.28 bits per heavy atom. The van der Waals surface area contributed by atoms with Crippen molar-refractivity contribution in [3.63, 3.8) is 0 Å². The number of amides is 1. The zero-order chi connectivity index (χ0) is 27.8. The zero-order valence-corrected chi connectivity index (χ0v) is 21.9. The predicted molar refractivity (Wildman–Crippen MR) is 144 cm³/mol. The summed E-state index contributed by atoms with van der Waals surface area (Å²) in [6, 6.07) is 13.3. The molecule has 39 heavy (non-hydrogen) atoms. The molecule has 0 aromatic heterocycles. The van der Waals surface area contributed by atoms with Gasteiger partial charge in [0, 0.05) is 12.6 Å². The maximum Gasteiger partial charge on any atom is 0.300 e. The number of anilines is 2. The van der Waals surface area contributed by atoms with Gasteiger partial charge in [0.1, 0.15) is 23.9 Å². The van der Waals surface area contributed by atoms with Crippen molar-refractivity contribution >= 4 is 28.8 Å². The first-order valence-corrected chi connectivity index (χ1v) is 12.2. The number of Topliss-reactive ketones (excluding diaryl/α,β-unsaturated/α-hetero) is 1. The standard InChI is InChI=1S/C29H28N2O8/c1-30-11-12-39-21-10-9-16(13-19(21)30)26(33)24-25(17-14-22(36-2)28(38-4)23(15-17)37-3)31(29(35)27(24)34)18-7-5-6-8-20(18)32/h5-10,13-15,25,32-33H,11-12H2,1-4H3/b26-24+. The van der Waals surface area contributed by atoms with Crippen LogP contribution in [-0.2, 0) is 9.59 Å². The molecule has 2 heterocycles. The van der Waals surface area contributed by atoms with Gasteiger partial charge in [0.25, 0.3) is 11.7 Å². The quantitative estimate of drug-likeness (QED) is 0.277. The van der Waals surface area contributed by atoms with Gasteiger partial charge >= 0.3 is 0 Å². The zero-order valence-electron chi connectivity index (χ0n) is 21.9. The molecule has 0 bridgehead atoms. The normalized spacial score (nSPS) is 18.0. The average molecular weight is 533 g/mol. The van der Waals surface area contributed by atoms with Crippen LogP contribution >= 0.6 is 0 Å². The van der Waals surface area contributed by atoms with Gasteiger partial charge in [-0.05, 0) is 48.0 Å². The number of methoxy groups -OCH3 is 3. The van der Waals surface area contributed by atoms with Crippen molar-refractivity contribution in [1.82, 2.24) is 0 Å². The minimum absolute atomic E-state index is 0.107. The molecule has 1 saturated heterocycles. The number of hydrogen-bond donors (Lipinski definition) is 2. The highest BCUT2D eigenvalue weighted by atomic mass is 16.5. The molecule has 2 aliphatic rings. The maximum absolute atomic E-state index is 13.6. The highest BCUT2D eigenvalue weighted by molar-refractivity contribution is 6.52. The number of phenols is 1. The molecule has 1 amide bonds. The van der Waals surface area contributed by atoms with Gasteiger partial charge in [0.2, 0.25) is 5.75 Å². The number of carbonyl (C=O) groups is 2. The van der Waals surface area contributed by atoms with E-state index < -0.39 is 17.7 Å². The SMILES string of the molecule is COc1cc(C2/C(=C(\O)c3ccc4c(c3)N(C)CCO4)C(=O)C(=O)N2c2ccccc2O)cc(OC)c1OC. The second kappa shape index (κ2) is 10.1. The third-order valence-corrected chi connectivity index (χ3v) is 6.92. The first kappa shape index (κ1) is 25.8. The monoisotopic (exact) mass is 532 g/mol. The smallest absolute Gasteiger partial charge is 0.300 e. The summed E-state index contributed by atoms with van der Waals surface area (Å²) in [7, 11) is 6.27. The Balaban J connectivity index is 1.77. The van der Waals surface area contributed by atoms with Crippen LogP contribution < -0.4 is 28.7 Å². The summed E-state index contributed by atoms with van der Waals surface area (Å²) in [5, 5.41) is 22.2. The Labute approximate surface area is 225 Å². The fourth-order valence-electron chi connectivity index (χ4n) is 4.98. The van der Waals surface area contributed by atoms with Crippen molar-refractivity contribution in [3.05, 3.63) is 71.3 Å². The Bertz CT molecular complexity index is 1470. The van der Waals surface area contributed by atoms with E-state index in [0.29, 0.717) is 47.3 Å². The second-order valence-corrected chi connectivity index (χ2v) is 9.07. The molecule has 202 valence electrons. The number of phenolic OH excluding ortho intramolecular Hbond substituents is 1. The number of fused-ring (bicyclic) bond motifs is 1. The Kier molecular flexibility index (Phi) is 6.69. The van der Waals surface area contributed by atoms with E-state index in [2.05, 4.69) is 0 Å². The van der Waals surface area contributed by atoms with Crippen molar-refractivity contribution in [3.8, 4) is 28.7 Å². The largest absolute Gasteiger partial charge is 0.507 e. The summed E-state index contributed by atoms with van der Waals surface area (Å²) in [4.78, 5) is 30.2. The molecule has 5 rings (SSSR count). The average Bonchev–Trinajstić information content (AvgIpc) is 3.21. The van der Waals surface area contributed by atoms with Crippen LogP contribution in [0.3, 0.4) is 0 Å². The number of carbonyl (C=O) groups excluding carboxylic acids is 2. The lowest BCUT2D eigenvalue weighted by molar-refractivity contribution is -0.132. The number of aliphatic hydroxyl groups is 1. The van der Waals surface area contributed by atoms with Crippen molar-refractivity contribution in [2.24, 2.45) is 0 Å². The van der Waals surface area contributed by atoms with Gasteiger partial charge in [-0.1, -0.05) is 12.1 Å². The lowest BCUT2D eigenvalue weighted by Crippen LogP contribution is -2.29. The number of para-hydroxylation sites is 2. The molecule has 1 atom stereocenters. The van der Waals surface area contributed by atoms with E-state index in [9.17, 15) is 19.8 Å². The third kappa shape index (κ3) is 4.23. The third-order valence-electron chi connectivity index (χ3n) is 6.92. The van der Waals surface area contributed by atoms with E-state index in [-0.39, 0.29) is 22.8 Å². The van der Waals surface area contributed by atoms with E-state index in [1.807, 2.05) is 11.9 Å². The van der Waals surface area contributed by atoms with Crippen molar-refractivity contribution in [2.45, 2.75) is 6.04 Å². The molecule has 3 aromatic carbocycles. The van der Waals surface area contributed by atoms with Crippen molar-refractivity contribution < 1.29 is 38.7 Å². The molecule has 0 radical (unpaired) electrons. The van der Waals surface area contributed by atoms with Gasteiger partial charge in [-0.25, -0.2) is 0 Å². The number of likely N-dealkylation sites (N-methyl/N-ethyl adjacent to an activating group) is 1. The van der Waals surface area contributed by atoms with E-state index in [4.69, 9.17) is 18.9 Å². The molecule has 0 aliphatic carbocycles. The van der Waals surface area contributed by atoms with Crippen LogP contribution in [0.5, 0.6) is 28.7 Å². The molecule has 3 aromatic rings. The van der Waals surface area contributed by atoms with E-state index in [0.717, 1.165) is 10.6 Å². The fourth-order valence-corrected chi connectivity index (χ4v) is 4.98. The van der Waals surface area contributed by atoms with E-state index in [1.165, 1.54) is 33.5 Å². The van der Waals surface area contributed by atoms with Crippen LogP contribution in [0.1, 0.15) is 17.2 Å². The Morgan fingerprint density at radius 1 is 0.949 bits per heavy atom. The minimum atomic E-state index is -1.13. The number of ketones is 1. The van der Waals surface area contributed by atoms with Crippen molar-refractivity contribution in [1.29, 1.82) is 0 Å².